The third-order valence-corrected chi connectivity index (χ3v) is 6.33. The molecule has 5 nitrogen and oxygen atoms in total. The van der Waals surface area contributed by atoms with Crippen molar-refractivity contribution in [3.63, 3.8) is 0 Å². The fourth-order valence-corrected chi connectivity index (χ4v) is 4.74. The maximum atomic E-state index is 12.9. The van der Waals surface area contributed by atoms with Gasteiger partial charge < -0.3 is 19.9 Å². The summed E-state index contributed by atoms with van der Waals surface area (Å²) in [6.45, 7) is 1.07. The molecule has 4 rings (SSSR count). The number of carbonyl (C=O) groups excluding carboxylic acids is 1. The minimum Gasteiger partial charge on any atom is -0.459 e. The van der Waals surface area contributed by atoms with E-state index in [4.69, 9.17) is 14.6 Å². The summed E-state index contributed by atoms with van der Waals surface area (Å²) in [5.74, 6) is 0.0943. The van der Waals surface area contributed by atoms with Crippen LogP contribution < -0.4 is 5.32 Å². The highest BCUT2D eigenvalue weighted by atomic mass is 32.1. The molecule has 0 radical (unpaired) electrons. The molecular weight excluding hydrogens is 410 g/mol. The van der Waals surface area contributed by atoms with Crippen molar-refractivity contribution in [2.45, 2.75) is 38.0 Å². The Morgan fingerprint density at radius 2 is 1.94 bits per heavy atom. The maximum Gasteiger partial charge on any atom is 0.286 e. The maximum absolute atomic E-state index is 12.9. The van der Waals surface area contributed by atoms with Crippen LogP contribution in [0.1, 0.15) is 36.3 Å². The molecule has 0 bridgehead atoms. The topological polar surface area (TPSA) is 67.8 Å². The number of aliphatic hydroxyl groups excluding tert-OH is 1. The molecule has 1 amide bonds. The van der Waals surface area contributed by atoms with E-state index in [0.29, 0.717) is 31.8 Å². The Labute approximate surface area is 186 Å². The molecule has 2 aromatic carbocycles. The first-order valence-corrected chi connectivity index (χ1v) is 11.5. The molecule has 2 N–H and O–H groups in total. The number of nitrogens with one attached hydrogen (secondary N) is 1. The summed E-state index contributed by atoms with van der Waals surface area (Å²) in [6, 6.07) is 18.1. The average molecular weight is 438 g/mol. The molecule has 2 atom stereocenters. The molecule has 0 unspecified atom stereocenters. The number of unbranched alkanes of at least 4 members (excludes halogenated alkanes) is 1. The van der Waals surface area contributed by atoms with Gasteiger partial charge in [0.05, 0.1) is 6.61 Å². The Kier molecular flexibility index (Phi) is 7.35. The van der Waals surface area contributed by atoms with Gasteiger partial charge in [-0.05, 0) is 46.9 Å². The van der Waals surface area contributed by atoms with Gasteiger partial charge >= 0.3 is 0 Å². The fourth-order valence-electron chi connectivity index (χ4n) is 3.71. The first kappa shape index (κ1) is 21.6. The number of rotatable bonds is 9. The van der Waals surface area contributed by atoms with Gasteiger partial charge in [0, 0.05) is 30.2 Å². The summed E-state index contributed by atoms with van der Waals surface area (Å²) in [4.78, 5) is 12.9. The molecule has 2 heterocycles. The number of hydrogen-bond donors (Lipinski definition) is 2. The van der Waals surface area contributed by atoms with Crippen molar-refractivity contribution in [3.8, 4) is 0 Å². The summed E-state index contributed by atoms with van der Waals surface area (Å²) >= 11 is 1.71. The highest BCUT2D eigenvalue weighted by Crippen LogP contribution is 2.38. The van der Waals surface area contributed by atoms with E-state index in [1.54, 1.807) is 11.3 Å². The molecule has 31 heavy (non-hydrogen) atoms. The van der Waals surface area contributed by atoms with Crippen molar-refractivity contribution in [2.24, 2.45) is 0 Å². The van der Waals surface area contributed by atoms with E-state index >= 15 is 0 Å². The summed E-state index contributed by atoms with van der Waals surface area (Å²) in [5, 5.41) is 15.3. The average Bonchev–Trinajstić information content (AvgIpc) is 3.25. The largest absolute Gasteiger partial charge is 0.459 e. The van der Waals surface area contributed by atoms with Crippen LogP contribution in [0.15, 0.2) is 71.8 Å². The second-order valence-electron chi connectivity index (χ2n) is 7.58. The van der Waals surface area contributed by atoms with Gasteiger partial charge in [0.1, 0.15) is 0 Å². The third-order valence-electron chi connectivity index (χ3n) is 5.34. The monoisotopic (exact) mass is 437 g/mol. The zero-order valence-electron chi connectivity index (χ0n) is 17.3. The SMILES string of the molecule is O=C(NCc1ccccc1)C1=C[C@H](c2csc3ccccc23)C[C@H](OCCCCO)O1. The van der Waals surface area contributed by atoms with Crippen molar-refractivity contribution >= 4 is 27.3 Å². The summed E-state index contributed by atoms with van der Waals surface area (Å²) in [7, 11) is 0. The van der Waals surface area contributed by atoms with E-state index < -0.39 is 6.29 Å². The van der Waals surface area contributed by atoms with E-state index in [1.807, 2.05) is 48.5 Å². The van der Waals surface area contributed by atoms with Crippen molar-refractivity contribution in [2.75, 3.05) is 13.2 Å². The van der Waals surface area contributed by atoms with E-state index in [-0.39, 0.29) is 18.4 Å². The van der Waals surface area contributed by atoms with E-state index in [9.17, 15) is 4.79 Å². The first-order chi connectivity index (χ1) is 15.2. The Bertz CT molecular complexity index is 1030. The Hall–Kier alpha value is -2.67. The lowest BCUT2D eigenvalue weighted by atomic mass is 9.92. The molecule has 1 aliphatic heterocycles. The lowest BCUT2D eigenvalue weighted by molar-refractivity contribution is -0.146. The predicted octanol–water partition coefficient (Wildman–Crippen LogP) is 4.72. The van der Waals surface area contributed by atoms with Gasteiger partial charge in [-0.15, -0.1) is 11.3 Å². The van der Waals surface area contributed by atoms with E-state index in [2.05, 4.69) is 22.8 Å². The summed E-state index contributed by atoms with van der Waals surface area (Å²) in [6.07, 6.45) is 3.51. The third kappa shape index (κ3) is 5.53. The Morgan fingerprint density at radius 3 is 2.77 bits per heavy atom. The van der Waals surface area contributed by atoms with Crippen LogP contribution in [0, 0.1) is 0 Å². The van der Waals surface area contributed by atoms with Gasteiger partial charge in [-0.25, -0.2) is 0 Å². The summed E-state index contributed by atoms with van der Waals surface area (Å²) in [5.41, 5.74) is 2.23. The fraction of sp³-hybridized carbons (Fsp3) is 0.320. The lowest BCUT2D eigenvalue weighted by Gasteiger charge is -2.29. The number of fused-ring (bicyclic) bond motifs is 1. The number of hydrogen-bond acceptors (Lipinski definition) is 5. The predicted molar refractivity (Wildman–Crippen MR) is 123 cm³/mol. The van der Waals surface area contributed by atoms with Gasteiger partial charge in [0.15, 0.2) is 5.76 Å². The molecule has 0 saturated heterocycles. The normalized spacial score (nSPS) is 18.4. The van der Waals surface area contributed by atoms with Crippen LogP contribution in [0.5, 0.6) is 0 Å². The van der Waals surface area contributed by atoms with Crippen molar-refractivity contribution in [1.82, 2.24) is 5.32 Å². The lowest BCUT2D eigenvalue weighted by Crippen LogP contribution is -2.32. The number of allylic oxidation sites excluding steroid dienone is 1. The van der Waals surface area contributed by atoms with Gasteiger partial charge in [-0.3, -0.25) is 4.79 Å². The van der Waals surface area contributed by atoms with Gasteiger partial charge in [-0.2, -0.15) is 0 Å². The van der Waals surface area contributed by atoms with Crippen molar-refractivity contribution in [1.29, 1.82) is 0 Å². The Morgan fingerprint density at radius 1 is 1.13 bits per heavy atom. The number of amides is 1. The molecule has 6 heteroatoms. The van der Waals surface area contributed by atoms with E-state index in [1.165, 1.54) is 15.6 Å². The molecule has 0 aliphatic carbocycles. The number of aliphatic hydroxyl groups is 1. The molecule has 1 aromatic heterocycles. The van der Waals surface area contributed by atoms with Gasteiger partial charge in [0.2, 0.25) is 6.29 Å². The molecule has 162 valence electrons. The second kappa shape index (κ2) is 10.6. The molecule has 1 aliphatic rings. The minimum absolute atomic E-state index is 0.0326. The minimum atomic E-state index is -0.496. The molecule has 0 fully saturated rings. The van der Waals surface area contributed by atoms with Crippen LogP contribution in [0.4, 0.5) is 0 Å². The molecule has 0 saturated carbocycles. The van der Waals surface area contributed by atoms with Gasteiger partial charge in [-0.1, -0.05) is 48.5 Å². The standard InChI is InChI=1S/C25H27NO4S/c27-12-6-7-13-29-24-15-19(21-17-31-23-11-5-4-10-20(21)23)14-22(30-24)25(28)26-16-18-8-2-1-3-9-18/h1-5,8-11,14,17,19,24,27H,6-7,12-13,15-16H2,(H,26,28)/t19-,24+/m0/s1. The second-order valence-corrected chi connectivity index (χ2v) is 8.49. The van der Waals surface area contributed by atoms with Crippen LogP contribution in [0.3, 0.4) is 0 Å². The number of benzene rings is 2. The zero-order chi connectivity index (χ0) is 21.5. The smallest absolute Gasteiger partial charge is 0.286 e. The Balaban J connectivity index is 1.52. The number of carbonyl (C=O) groups is 1. The first-order valence-electron chi connectivity index (χ1n) is 10.6. The van der Waals surface area contributed by atoms with Crippen LogP contribution in [-0.4, -0.2) is 30.5 Å². The van der Waals surface area contributed by atoms with Crippen LogP contribution in [0.25, 0.3) is 10.1 Å². The zero-order valence-corrected chi connectivity index (χ0v) is 18.1. The van der Waals surface area contributed by atoms with Crippen LogP contribution in [-0.2, 0) is 20.8 Å². The van der Waals surface area contributed by atoms with Crippen LogP contribution >= 0.6 is 11.3 Å². The molecule has 3 aromatic rings. The van der Waals surface area contributed by atoms with Gasteiger partial charge in [0.25, 0.3) is 5.91 Å². The number of thiophene rings is 1. The highest BCUT2D eigenvalue weighted by molar-refractivity contribution is 7.17. The summed E-state index contributed by atoms with van der Waals surface area (Å²) < 4.78 is 13.1. The van der Waals surface area contributed by atoms with Crippen molar-refractivity contribution in [3.05, 3.63) is 82.9 Å². The van der Waals surface area contributed by atoms with Crippen molar-refractivity contribution < 1.29 is 19.4 Å². The number of ether oxygens (including phenoxy) is 2. The highest BCUT2D eigenvalue weighted by Gasteiger charge is 2.29. The molecular formula is C25H27NO4S. The van der Waals surface area contributed by atoms with E-state index in [0.717, 1.165) is 12.0 Å². The van der Waals surface area contributed by atoms with Crippen LogP contribution in [0.2, 0.25) is 0 Å². The molecule has 0 spiro atoms. The quantitative estimate of drug-likeness (QED) is 0.475.